The summed E-state index contributed by atoms with van der Waals surface area (Å²) in [6, 6.07) is 0. The van der Waals surface area contributed by atoms with Crippen LogP contribution in [0, 0.1) is 6.92 Å². The van der Waals surface area contributed by atoms with Gasteiger partial charge in [-0.05, 0) is 32.6 Å². The minimum absolute atomic E-state index is 0.470. The zero-order valence-electron chi connectivity index (χ0n) is 11.9. The molecule has 1 aromatic heterocycles. The first-order chi connectivity index (χ1) is 9.61. The Morgan fingerprint density at radius 2 is 1.90 bits per heavy atom. The highest BCUT2D eigenvalue weighted by Crippen LogP contribution is 2.39. The molecule has 6 heteroatoms. The van der Waals surface area contributed by atoms with Crippen LogP contribution in [0.3, 0.4) is 0 Å². The van der Waals surface area contributed by atoms with Gasteiger partial charge in [0.2, 0.25) is 0 Å². The van der Waals surface area contributed by atoms with E-state index < -0.39 is 5.60 Å². The Kier molecular flexibility index (Phi) is 3.52. The zero-order valence-corrected chi connectivity index (χ0v) is 11.9. The second-order valence-electron chi connectivity index (χ2n) is 6.11. The van der Waals surface area contributed by atoms with Crippen molar-refractivity contribution < 1.29 is 5.11 Å². The fraction of sp³-hybridized carbons (Fsp3) is 0.714. The molecule has 0 amide bonds. The predicted octanol–water partition coefficient (Wildman–Crippen LogP) is 1.67. The van der Waals surface area contributed by atoms with E-state index in [0.29, 0.717) is 18.3 Å². The van der Waals surface area contributed by atoms with Gasteiger partial charge < -0.3 is 15.8 Å². The van der Waals surface area contributed by atoms with Gasteiger partial charge in [-0.25, -0.2) is 15.8 Å². The van der Waals surface area contributed by atoms with Crippen LogP contribution in [0.2, 0.25) is 0 Å². The van der Waals surface area contributed by atoms with Crippen LogP contribution in [-0.2, 0) is 0 Å². The lowest BCUT2D eigenvalue weighted by atomic mass is 10.0. The van der Waals surface area contributed by atoms with E-state index in [0.717, 1.165) is 55.7 Å². The molecule has 2 aliphatic rings. The third kappa shape index (κ3) is 2.71. The van der Waals surface area contributed by atoms with Gasteiger partial charge in [-0.15, -0.1) is 0 Å². The van der Waals surface area contributed by atoms with Gasteiger partial charge >= 0.3 is 0 Å². The number of aliphatic hydroxyl groups is 1. The number of anilines is 2. The van der Waals surface area contributed by atoms with E-state index in [4.69, 9.17) is 5.84 Å². The number of nitrogens with one attached hydrogen (secondary N) is 2. The average Bonchev–Trinajstić information content (AvgIpc) is 3.20. The molecule has 2 saturated carbocycles. The Morgan fingerprint density at radius 1 is 1.25 bits per heavy atom. The fourth-order valence-electron chi connectivity index (χ4n) is 2.83. The summed E-state index contributed by atoms with van der Waals surface area (Å²) in [4.78, 5) is 9.07. The molecule has 0 unspecified atom stereocenters. The summed E-state index contributed by atoms with van der Waals surface area (Å²) in [5.74, 6) is 8.31. The summed E-state index contributed by atoms with van der Waals surface area (Å²) in [7, 11) is 0. The van der Waals surface area contributed by atoms with E-state index in [9.17, 15) is 5.11 Å². The maximum absolute atomic E-state index is 10.4. The SMILES string of the molecule is Cc1c(NN)nc(C2CC2)nc1NCC1(O)CCCC1. The molecule has 0 atom stereocenters. The van der Waals surface area contributed by atoms with Gasteiger partial charge in [0.15, 0.2) is 0 Å². The minimum atomic E-state index is -0.590. The molecule has 0 aromatic carbocycles. The van der Waals surface area contributed by atoms with Crippen molar-refractivity contribution in [3.8, 4) is 0 Å². The molecule has 2 fully saturated rings. The number of aromatic nitrogens is 2. The normalized spacial score (nSPS) is 20.9. The van der Waals surface area contributed by atoms with Crippen molar-refractivity contribution in [2.75, 3.05) is 17.3 Å². The highest BCUT2D eigenvalue weighted by molar-refractivity contribution is 5.57. The largest absolute Gasteiger partial charge is 0.388 e. The molecule has 6 nitrogen and oxygen atoms in total. The summed E-state index contributed by atoms with van der Waals surface area (Å²) < 4.78 is 0. The summed E-state index contributed by atoms with van der Waals surface area (Å²) >= 11 is 0. The number of nitrogens with zero attached hydrogens (tertiary/aromatic N) is 2. The fourth-order valence-corrected chi connectivity index (χ4v) is 2.83. The van der Waals surface area contributed by atoms with Crippen LogP contribution in [0.15, 0.2) is 0 Å². The maximum Gasteiger partial charge on any atom is 0.148 e. The molecule has 0 bridgehead atoms. The number of nitrogens with two attached hydrogens (primary N) is 1. The van der Waals surface area contributed by atoms with E-state index >= 15 is 0 Å². The van der Waals surface area contributed by atoms with Gasteiger partial charge in [-0.3, -0.25) is 0 Å². The van der Waals surface area contributed by atoms with Gasteiger partial charge in [-0.2, -0.15) is 0 Å². The first-order valence-electron chi connectivity index (χ1n) is 7.43. The molecule has 20 heavy (non-hydrogen) atoms. The lowest BCUT2D eigenvalue weighted by Crippen LogP contribution is -2.34. The van der Waals surface area contributed by atoms with Crippen molar-refractivity contribution in [1.82, 2.24) is 9.97 Å². The Balaban J connectivity index is 1.78. The third-order valence-electron chi connectivity index (χ3n) is 4.36. The zero-order chi connectivity index (χ0) is 14.2. The topological polar surface area (TPSA) is 96.1 Å². The molecule has 0 spiro atoms. The highest BCUT2D eigenvalue weighted by Gasteiger charge is 2.32. The predicted molar refractivity (Wildman–Crippen MR) is 78.5 cm³/mol. The van der Waals surface area contributed by atoms with E-state index in [-0.39, 0.29) is 0 Å². The molecule has 5 N–H and O–H groups in total. The van der Waals surface area contributed by atoms with E-state index in [2.05, 4.69) is 20.7 Å². The first-order valence-corrected chi connectivity index (χ1v) is 7.43. The average molecular weight is 277 g/mol. The summed E-state index contributed by atoms with van der Waals surface area (Å²) in [6.45, 7) is 2.48. The van der Waals surface area contributed by atoms with E-state index in [1.807, 2.05) is 6.92 Å². The van der Waals surface area contributed by atoms with Gasteiger partial charge in [0.1, 0.15) is 17.5 Å². The Labute approximate surface area is 119 Å². The summed E-state index contributed by atoms with van der Waals surface area (Å²) in [5.41, 5.74) is 2.95. The standard InChI is InChI=1S/C14H23N5O/c1-9-11(16-8-14(20)6-2-3-7-14)17-13(10-4-5-10)18-12(9)19-15/h10,20H,2-8,15H2,1H3,(H2,16,17,18,19). The minimum Gasteiger partial charge on any atom is -0.388 e. The van der Waals surface area contributed by atoms with Crippen LogP contribution in [0.25, 0.3) is 0 Å². The van der Waals surface area contributed by atoms with Crippen molar-refractivity contribution in [3.05, 3.63) is 11.4 Å². The third-order valence-corrected chi connectivity index (χ3v) is 4.36. The lowest BCUT2D eigenvalue weighted by molar-refractivity contribution is 0.0614. The van der Waals surface area contributed by atoms with Gasteiger partial charge in [0.25, 0.3) is 0 Å². The van der Waals surface area contributed by atoms with E-state index in [1.54, 1.807) is 0 Å². The molecule has 3 rings (SSSR count). The second-order valence-corrected chi connectivity index (χ2v) is 6.11. The summed E-state index contributed by atoms with van der Waals surface area (Å²) in [6.07, 6.45) is 6.23. The molecule has 0 saturated heterocycles. The number of hydrazine groups is 1. The van der Waals surface area contributed by atoms with Gasteiger partial charge in [-0.1, -0.05) is 12.8 Å². The van der Waals surface area contributed by atoms with Gasteiger partial charge in [0, 0.05) is 18.0 Å². The number of hydrogen-bond acceptors (Lipinski definition) is 6. The monoisotopic (exact) mass is 277 g/mol. The summed E-state index contributed by atoms with van der Waals surface area (Å²) in [5, 5.41) is 13.7. The molecule has 0 radical (unpaired) electrons. The molecule has 1 aromatic rings. The molecular weight excluding hydrogens is 254 g/mol. The molecule has 110 valence electrons. The van der Waals surface area contributed by atoms with Crippen LogP contribution >= 0.6 is 0 Å². The van der Waals surface area contributed by atoms with E-state index in [1.165, 1.54) is 0 Å². The second kappa shape index (κ2) is 5.18. The quantitative estimate of drug-likeness (QED) is 0.483. The molecule has 1 heterocycles. The Bertz CT molecular complexity index is 495. The molecule has 0 aliphatic heterocycles. The van der Waals surface area contributed by atoms with Crippen molar-refractivity contribution in [2.45, 2.75) is 57.0 Å². The Hall–Kier alpha value is -1.40. The Morgan fingerprint density at radius 3 is 2.50 bits per heavy atom. The number of rotatable bonds is 5. The van der Waals surface area contributed by atoms with Crippen molar-refractivity contribution >= 4 is 11.6 Å². The molecular formula is C14H23N5O. The number of hydrogen-bond donors (Lipinski definition) is 4. The van der Waals surface area contributed by atoms with Crippen LogP contribution in [0.4, 0.5) is 11.6 Å². The van der Waals surface area contributed by atoms with Gasteiger partial charge in [0.05, 0.1) is 5.60 Å². The van der Waals surface area contributed by atoms with Crippen LogP contribution in [-0.4, -0.2) is 27.2 Å². The van der Waals surface area contributed by atoms with Crippen molar-refractivity contribution in [2.24, 2.45) is 5.84 Å². The number of nitrogen functional groups attached to an aromatic ring is 1. The first kappa shape index (κ1) is 13.6. The van der Waals surface area contributed by atoms with Crippen LogP contribution < -0.4 is 16.6 Å². The smallest absolute Gasteiger partial charge is 0.148 e. The van der Waals surface area contributed by atoms with Crippen LogP contribution in [0.1, 0.15) is 55.8 Å². The maximum atomic E-state index is 10.4. The van der Waals surface area contributed by atoms with Crippen LogP contribution in [0.5, 0.6) is 0 Å². The van der Waals surface area contributed by atoms with Crippen molar-refractivity contribution in [1.29, 1.82) is 0 Å². The molecule has 2 aliphatic carbocycles. The highest BCUT2D eigenvalue weighted by atomic mass is 16.3. The lowest BCUT2D eigenvalue weighted by Gasteiger charge is -2.23. The van der Waals surface area contributed by atoms with Crippen molar-refractivity contribution in [3.63, 3.8) is 0 Å².